The van der Waals surface area contributed by atoms with Gasteiger partial charge in [0.2, 0.25) is 0 Å². The van der Waals surface area contributed by atoms with Gasteiger partial charge in [0.25, 0.3) is 0 Å². The third kappa shape index (κ3) is 4.29. The Morgan fingerprint density at radius 1 is 1.28 bits per heavy atom. The number of benzene rings is 1. The van der Waals surface area contributed by atoms with Gasteiger partial charge in [0.05, 0.1) is 35.6 Å². The Morgan fingerprint density at radius 3 is 2.68 bits per heavy atom. The van der Waals surface area contributed by atoms with Crippen LogP contribution in [-0.2, 0) is 20.3 Å². The molecule has 0 N–H and O–H groups in total. The lowest BCUT2D eigenvalue weighted by molar-refractivity contribution is 0.0985. The van der Waals surface area contributed by atoms with Crippen molar-refractivity contribution >= 4 is 27.3 Å². The van der Waals surface area contributed by atoms with E-state index in [1.54, 1.807) is 25.1 Å². The number of anilines is 1. The predicted molar refractivity (Wildman–Crippen MR) is 96.7 cm³/mol. The van der Waals surface area contributed by atoms with Crippen LogP contribution in [0.4, 0.5) is 5.82 Å². The van der Waals surface area contributed by atoms with E-state index < -0.39 is 9.84 Å². The van der Waals surface area contributed by atoms with Gasteiger partial charge in [0.1, 0.15) is 11.6 Å². The summed E-state index contributed by atoms with van der Waals surface area (Å²) < 4.78 is 30.7. The number of rotatable bonds is 4. The first kappa shape index (κ1) is 18.1. The SMILES string of the molecule is Cc1nc(CS(=O)(=O)c2ccc(Cl)cc2)cc(N2CCOC[C@@H]2C)n1. The zero-order chi connectivity index (χ0) is 18.0. The molecule has 1 aromatic heterocycles. The molecule has 0 saturated carbocycles. The van der Waals surface area contributed by atoms with Crippen molar-refractivity contribution in [1.82, 2.24) is 9.97 Å². The van der Waals surface area contributed by atoms with Crippen molar-refractivity contribution in [3.8, 4) is 0 Å². The van der Waals surface area contributed by atoms with E-state index in [0.29, 0.717) is 29.8 Å². The number of halogens is 1. The average Bonchev–Trinajstić information content (AvgIpc) is 2.54. The molecule has 1 aliphatic rings. The van der Waals surface area contributed by atoms with Gasteiger partial charge in [-0.15, -0.1) is 0 Å². The molecule has 0 radical (unpaired) electrons. The average molecular weight is 382 g/mol. The van der Waals surface area contributed by atoms with Gasteiger partial charge in [-0.05, 0) is 38.1 Å². The van der Waals surface area contributed by atoms with Crippen molar-refractivity contribution < 1.29 is 13.2 Å². The third-order valence-corrected chi connectivity index (χ3v) is 5.97. The second-order valence-electron chi connectivity index (χ2n) is 6.10. The summed E-state index contributed by atoms with van der Waals surface area (Å²) in [5.41, 5.74) is 0.483. The fourth-order valence-electron chi connectivity index (χ4n) is 2.82. The minimum absolute atomic E-state index is 0.177. The number of nitrogens with zero attached hydrogens (tertiary/aromatic N) is 3. The second kappa shape index (κ2) is 7.27. The van der Waals surface area contributed by atoms with E-state index in [1.807, 2.05) is 0 Å². The topological polar surface area (TPSA) is 72.4 Å². The number of hydrogen-bond donors (Lipinski definition) is 0. The maximum atomic E-state index is 12.6. The molecule has 1 saturated heterocycles. The molecule has 1 aromatic carbocycles. The summed E-state index contributed by atoms with van der Waals surface area (Å²) in [6.45, 7) is 5.81. The maximum Gasteiger partial charge on any atom is 0.184 e. The number of aryl methyl sites for hydroxylation is 1. The largest absolute Gasteiger partial charge is 0.377 e. The Balaban J connectivity index is 1.88. The molecule has 0 spiro atoms. The van der Waals surface area contributed by atoms with E-state index >= 15 is 0 Å². The molecule has 0 aliphatic carbocycles. The molecule has 1 atom stereocenters. The van der Waals surface area contributed by atoms with Gasteiger partial charge in [-0.2, -0.15) is 0 Å². The molecule has 0 bridgehead atoms. The minimum atomic E-state index is -3.50. The Kier molecular flexibility index (Phi) is 5.27. The van der Waals surface area contributed by atoms with Crippen LogP contribution in [0.25, 0.3) is 0 Å². The quantitative estimate of drug-likeness (QED) is 0.810. The Labute approximate surface area is 152 Å². The van der Waals surface area contributed by atoms with Crippen LogP contribution in [0.15, 0.2) is 35.2 Å². The van der Waals surface area contributed by atoms with Gasteiger partial charge >= 0.3 is 0 Å². The molecule has 134 valence electrons. The summed E-state index contributed by atoms with van der Waals surface area (Å²) in [7, 11) is -3.50. The van der Waals surface area contributed by atoms with Gasteiger partial charge in [-0.25, -0.2) is 18.4 Å². The molecule has 6 nitrogen and oxygen atoms in total. The van der Waals surface area contributed by atoms with Crippen molar-refractivity contribution in [2.45, 2.75) is 30.5 Å². The Bertz CT molecular complexity index is 856. The van der Waals surface area contributed by atoms with Crippen LogP contribution >= 0.6 is 11.6 Å². The highest BCUT2D eigenvalue weighted by atomic mass is 35.5. The van der Waals surface area contributed by atoms with Crippen molar-refractivity contribution in [3.63, 3.8) is 0 Å². The number of morpholine rings is 1. The highest BCUT2D eigenvalue weighted by molar-refractivity contribution is 7.90. The van der Waals surface area contributed by atoms with E-state index in [-0.39, 0.29) is 16.7 Å². The van der Waals surface area contributed by atoms with Crippen LogP contribution in [0.2, 0.25) is 5.02 Å². The van der Waals surface area contributed by atoms with Gasteiger partial charge in [0.15, 0.2) is 9.84 Å². The maximum absolute atomic E-state index is 12.6. The number of hydrogen-bond acceptors (Lipinski definition) is 6. The lowest BCUT2D eigenvalue weighted by atomic mass is 10.2. The van der Waals surface area contributed by atoms with Crippen molar-refractivity contribution in [3.05, 3.63) is 46.9 Å². The van der Waals surface area contributed by atoms with E-state index in [2.05, 4.69) is 21.8 Å². The van der Waals surface area contributed by atoms with Gasteiger partial charge in [-0.1, -0.05) is 11.6 Å². The van der Waals surface area contributed by atoms with Crippen molar-refractivity contribution in [2.24, 2.45) is 0 Å². The second-order valence-corrected chi connectivity index (χ2v) is 8.52. The molecular formula is C17H20ClN3O3S. The zero-order valence-corrected chi connectivity index (χ0v) is 15.7. The van der Waals surface area contributed by atoms with Crippen molar-refractivity contribution in [2.75, 3.05) is 24.7 Å². The molecule has 0 amide bonds. The molecule has 25 heavy (non-hydrogen) atoms. The lowest BCUT2D eigenvalue weighted by Crippen LogP contribution is -2.44. The van der Waals surface area contributed by atoms with Crippen LogP contribution in [-0.4, -0.2) is 44.2 Å². The molecule has 2 heterocycles. The van der Waals surface area contributed by atoms with E-state index in [0.717, 1.165) is 12.4 Å². The Morgan fingerprint density at radius 2 is 2.00 bits per heavy atom. The first-order valence-electron chi connectivity index (χ1n) is 8.02. The van der Waals surface area contributed by atoms with Crippen LogP contribution in [0.3, 0.4) is 0 Å². The highest BCUT2D eigenvalue weighted by Gasteiger charge is 2.23. The van der Waals surface area contributed by atoms with Crippen LogP contribution in [0, 0.1) is 6.92 Å². The monoisotopic (exact) mass is 381 g/mol. The molecule has 2 aromatic rings. The van der Waals surface area contributed by atoms with Gasteiger partial charge < -0.3 is 9.64 Å². The zero-order valence-electron chi connectivity index (χ0n) is 14.1. The summed E-state index contributed by atoms with van der Waals surface area (Å²) in [6.07, 6.45) is 0. The summed E-state index contributed by atoms with van der Waals surface area (Å²) in [5, 5.41) is 0.500. The molecule has 1 fully saturated rings. The predicted octanol–water partition coefficient (Wildman–Crippen LogP) is 2.64. The Hall–Kier alpha value is -1.70. The molecule has 8 heteroatoms. The smallest absolute Gasteiger partial charge is 0.184 e. The van der Waals surface area contributed by atoms with Crippen LogP contribution < -0.4 is 4.90 Å². The first-order chi connectivity index (χ1) is 11.8. The third-order valence-electron chi connectivity index (χ3n) is 4.05. The lowest BCUT2D eigenvalue weighted by Gasteiger charge is -2.34. The van der Waals surface area contributed by atoms with E-state index in [1.165, 1.54) is 12.1 Å². The summed E-state index contributed by atoms with van der Waals surface area (Å²) in [5.74, 6) is 1.12. The normalized spacial score (nSPS) is 18.4. The molecule has 0 unspecified atom stereocenters. The number of sulfone groups is 1. The first-order valence-corrected chi connectivity index (χ1v) is 10.1. The number of aromatic nitrogens is 2. The fraction of sp³-hybridized carbons (Fsp3) is 0.412. The molecule has 1 aliphatic heterocycles. The molecule has 3 rings (SSSR count). The minimum Gasteiger partial charge on any atom is -0.377 e. The summed E-state index contributed by atoms with van der Waals surface area (Å²) in [4.78, 5) is 11.1. The summed E-state index contributed by atoms with van der Waals surface area (Å²) >= 11 is 5.83. The van der Waals surface area contributed by atoms with Crippen molar-refractivity contribution in [1.29, 1.82) is 0 Å². The summed E-state index contributed by atoms with van der Waals surface area (Å²) in [6, 6.07) is 8.10. The van der Waals surface area contributed by atoms with Gasteiger partial charge in [0, 0.05) is 17.6 Å². The van der Waals surface area contributed by atoms with Crippen LogP contribution in [0.1, 0.15) is 18.4 Å². The fourth-order valence-corrected chi connectivity index (χ4v) is 4.20. The van der Waals surface area contributed by atoms with Crippen LogP contribution in [0.5, 0.6) is 0 Å². The van der Waals surface area contributed by atoms with E-state index in [4.69, 9.17) is 16.3 Å². The highest BCUT2D eigenvalue weighted by Crippen LogP contribution is 2.22. The van der Waals surface area contributed by atoms with Gasteiger partial charge in [-0.3, -0.25) is 0 Å². The van der Waals surface area contributed by atoms with E-state index in [9.17, 15) is 8.42 Å². The standard InChI is InChI=1S/C17H20ClN3O3S/c1-12-10-24-8-7-21(12)17-9-15(19-13(2)20-17)11-25(22,23)16-5-3-14(18)4-6-16/h3-6,9,12H,7-8,10-11H2,1-2H3/t12-/m0/s1. The number of ether oxygens (including phenoxy) is 1. The molecular weight excluding hydrogens is 362 g/mol.